The van der Waals surface area contributed by atoms with Crippen molar-refractivity contribution >= 4 is 27.3 Å². The molecule has 0 amide bonds. The zero-order chi connectivity index (χ0) is 15.5. The number of hydrogen-bond acceptors (Lipinski definition) is 4. The summed E-state index contributed by atoms with van der Waals surface area (Å²) >= 11 is 1.49. The molecular formula is C14H15NO4S2. The molecule has 0 saturated carbocycles. The van der Waals surface area contributed by atoms with Crippen molar-refractivity contribution in [1.82, 2.24) is 4.72 Å². The minimum Gasteiger partial charge on any atom is -0.478 e. The SMILES string of the molecule is CCc1ccc(C(=O)O)cc1S(=O)(=O)NCc1ccsc1. The minimum atomic E-state index is -3.74. The Bertz CT molecular complexity index is 736. The van der Waals surface area contributed by atoms with Gasteiger partial charge in [-0.3, -0.25) is 0 Å². The highest BCUT2D eigenvalue weighted by Crippen LogP contribution is 2.19. The highest BCUT2D eigenvalue weighted by Gasteiger charge is 2.19. The van der Waals surface area contributed by atoms with Gasteiger partial charge < -0.3 is 5.11 Å². The third-order valence-electron chi connectivity index (χ3n) is 3.03. The number of sulfonamides is 1. The van der Waals surface area contributed by atoms with Gasteiger partial charge in [-0.2, -0.15) is 11.3 Å². The number of thiophene rings is 1. The van der Waals surface area contributed by atoms with E-state index >= 15 is 0 Å². The van der Waals surface area contributed by atoms with Crippen LogP contribution in [0.4, 0.5) is 0 Å². The number of carbonyl (C=O) groups is 1. The Balaban J connectivity index is 2.33. The number of aryl methyl sites for hydroxylation is 1. The number of aromatic carboxylic acids is 1. The van der Waals surface area contributed by atoms with Crippen LogP contribution in [-0.2, 0) is 23.0 Å². The molecule has 0 saturated heterocycles. The summed E-state index contributed by atoms with van der Waals surface area (Å²) in [4.78, 5) is 11.0. The molecule has 0 atom stereocenters. The van der Waals surface area contributed by atoms with Crippen LogP contribution >= 0.6 is 11.3 Å². The number of carboxylic acids is 1. The van der Waals surface area contributed by atoms with E-state index in [1.807, 2.05) is 23.8 Å². The van der Waals surface area contributed by atoms with E-state index in [2.05, 4.69) is 4.72 Å². The second kappa shape index (κ2) is 6.38. The van der Waals surface area contributed by atoms with Gasteiger partial charge in [-0.1, -0.05) is 13.0 Å². The first kappa shape index (κ1) is 15.7. The van der Waals surface area contributed by atoms with Gasteiger partial charge in [-0.05, 0) is 46.5 Å². The molecule has 0 spiro atoms. The average Bonchev–Trinajstić information content (AvgIpc) is 2.98. The lowest BCUT2D eigenvalue weighted by Crippen LogP contribution is -2.24. The topological polar surface area (TPSA) is 83.5 Å². The second-order valence-electron chi connectivity index (χ2n) is 4.44. The number of nitrogens with one attached hydrogen (secondary N) is 1. The van der Waals surface area contributed by atoms with Crippen molar-refractivity contribution in [2.45, 2.75) is 24.8 Å². The second-order valence-corrected chi connectivity index (χ2v) is 6.95. The van der Waals surface area contributed by atoms with Crippen LogP contribution in [0.2, 0.25) is 0 Å². The van der Waals surface area contributed by atoms with E-state index in [4.69, 9.17) is 5.11 Å². The van der Waals surface area contributed by atoms with Gasteiger partial charge >= 0.3 is 5.97 Å². The fourth-order valence-electron chi connectivity index (χ4n) is 1.88. The summed E-state index contributed by atoms with van der Waals surface area (Å²) in [6.45, 7) is 2.01. The van der Waals surface area contributed by atoms with Crippen molar-refractivity contribution < 1.29 is 18.3 Å². The molecule has 2 rings (SSSR count). The Morgan fingerprint density at radius 1 is 1.33 bits per heavy atom. The molecule has 2 N–H and O–H groups in total. The fraction of sp³-hybridized carbons (Fsp3) is 0.214. The van der Waals surface area contributed by atoms with Gasteiger partial charge in [0.05, 0.1) is 10.5 Å². The maximum absolute atomic E-state index is 12.4. The van der Waals surface area contributed by atoms with E-state index in [0.717, 1.165) is 5.56 Å². The van der Waals surface area contributed by atoms with E-state index in [9.17, 15) is 13.2 Å². The molecule has 1 aromatic heterocycles. The first-order chi connectivity index (χ1) is 9.94. The van der Waals surface area contributed by atoms with Crippen LogP contribution < -0.4 is 4.72 Å². The summed E-state index contributed by atoms with van der Waals surface area (Å²) in [5.74, 6) is -1.15. The smallest absolute Gasteiger partial charge is 0.335 e. The highest BCUT2D eigenvalue weighted by molar-refractivity contribution is 7.89. The third-order valence-corrected chi connectivity index (χ3v) is 5.25. The summed E-state index contributed by atoms with van der Waals surface area (Å²) < 4.78 is 27.3. The van der Waals surface area contributed by atoms with E-state index < -0.39 is 16.0 Å². The predicted octanol–water partition coefficient (Wildman–Crippen LogP) is 2.49. The number of benzene rings is 1. The maximum atomic E-state index is 12.4. The number of rotatable bonds is 6. The molecule has 7 heteroatoms. The molecule has 0 bridgehead atoms. The largest absolute Gasteiger partial charge is 0.478 e. The van der Waals surface area contributed by atoms with Crippen LogP contribution in [-0.4, -0.2) is 19.5 Å². The zero-order valence-electron chi connectivity index (χ0n) is 11.4. The van der Waals surface area contributed by atoms with Crippen molar-refractivity contribution in [3.8, 4) is 0 Å². The van der Waals surface area contributed by atoms with Gasteiger partial charge in [-0.15, -0.1) is 0 Å². The Hall–Kier alpha value is -1.70. The van der Waals surface area contributed by atoms with Crippen molar-refractivity contribution in [3.05, 3.63) is 51.7 Å². The Morgan fingerprint density at radius 3 is 2.67 bits per heavy atom. The van der Waals surface area contributed by atoms with Crippen molar-refractivity contribution in [2.24, 2.45) is 0 Å². The Kier molecular flexibility index (Phi) is 4.76. The Labute approximate surface area is 127 Å². The maximum Gasteiger partial charge on any atom is 0.335 e. The van der Waals surface area contributed by atoms with Gasteiger partial charge in [0, 0.05) is 6.54 Å². The summed E-state index contributed by atoms with van der Waals surface area (Å²) in [5.41, 5.74) is 1.43. The quantitative estimate of drug-likeness (QED) is 0.854. The summed E-state index contributed by atoms with van der Waals surface area (Å²) in [5, 5.41) is 12.7. The number of hydrogen-bond donors (Lipinski definition) is 2. The van der Waals surface area contributed by atoms with E-state index in [1.165, 1.54) is 23.5 Å². The summed E-state index contributed by atoms with van der Waals surface area (Å²) in [6, 6.07) is 6.00. The van der Waals surface area contributed by atoms with E-state index in [-0.39, 0.29) is 17.0 Å². The van der Waals surface area contributed by atoms with E-state index in [0.29, 0.717) is 12.0 Å². The first-order valence-electron chi connectivity index (χ1n) is 6.31. The molecule has 0 fully saturated rings. The van der Waals surface area contributed by atoms with Crippen molar-refractivity contribution in [2.75, 3.05) is 0 Å². The lowest BCUT2D eigenvalue weighted by Gasteiger charge is -2.11. The summed E-state index contributed by atoms with van der Waals surface area (Å²) in [6.07, 6.45) is 0.509. The molecule has 112 valence electrons. The molecule has 2 aromatic rings. The Morgan fingerprint density at radius 2 is 2.10 bits per heavy atom. The van der Waals surface area contributed by atoms with Gasteiger partial charge in [0.1, 0.15) is 0 Å². The van der Waals surface area contributed by atoms with Crippen molar-refractivity contribution in [3.63, 3.8) is 0 Å². The molecule has 1 heterocycles. The van der Waals surface area contributed by atoms with Crippen LogP contribution in [0.15, 0.2) is 39.9 Å². The predicted molar refractivity (Wildman–Crippen MR) is 81.1 cm³/mol. The molecule has 0 radical (unpaired) electrons. The van der Waals surface area contributed by atoms with E-state index in [1.54, 1.807) is 6.07 Å². The van der Waals surface area contributed by atoms with Crippen LogP contribution in [0.5, 0.6) is 0 Å². The monoisotopic (exact) mass is 325 g/mol. The average molecular weight is 325 g/mol. The molecule has 5 nitrogen and oxygen atoms in total. The molecule has 0 aliphatic heterocycles. The van der Waals surface area contributed by atoms with Crippen LogP contribution in [0.1, 0.15) is 28.4 Å². The number of carboxylic acid groups (broad SMARTS) is 1. The lowest BCUT2D eigenvalue weighted by molar-refractivity contribution is 0.0696. The molecule has 0 unspecified atom stereocenters. The first-order valence-corrected chi connectivity index (χ1v) is 8.73. The van der Waals surface area contributed by atoms with Crippen LogP contribution in [0.3, 0.4) is 0 Å². The van der Waals surface area contributed by atoms with Gasteiger partial charge in [0.15, 0.2) is 0 Å². The van der Waals surface area contributed by atoms with Gasteiger partial charge in [0.2, 0.25) is 10.0 Å². The van der Waals surface area contributed by atoms with Crippen LogP contribution in [0.25, 0.3) is 0 Å². The fourth-order valence-corrected chi connectivity index (χ4v) is 3.90. The van der Waals surface area contributed by atoms with Gasteiger partial charge in [-0.25, -0.2) is 17.9 Å². The third kappa shape index (κ3) is 3.69. The highest BCUT2D eigenvalue weighted by atomic mass is 32.2. The summed E-state index contributed by atoms with van der Waals surface area (Å²) in [7, 11) is -3.74. The normalized spacial score (nSPS) is 11.5. The standard InChI is InChI=1S/C14H15NO4S2/c1-2-11-3-4-12(14(16)17)7-13(11)21(18,19)15-8-10-5-6-20-9-10/h3-7,9,15H,2,8H2,1H3,(H,16,17). The molecule has 21 heavy (non-hydrogen) atoms. The minimum absolute atomic E-state index is 0.0279. The molecular weight excluding hydrogens is 310 g/mol. The van der Waals surface area contributed by atoms with Crippen molar-refractivity contribution in [1.29, 1.82) is 0 Å². The lowest BCUT2D eigenvalue weighted by atomic mass is 10.1. The molecule has 0 aliphatic rings. The molecule has 0 aliphatic carbocycles. The van der Waals surface area contributed by atoms with Gasteiger partial charge in [0.25, 0.3) is 0 Å². The zero-order valence-corrected chi connectivity index (χ0v) is 13.0. The van der Waals surface area contributed by atoms with Crippen LogP contribution in [0, 0.1) is 0 Å². The molecule has 1 aromatic carbocycles.